The Hall–Kier alpha value is -1.42. The Labute approximate surface area is 86.8 Å². The molecular weight excluding hydrogens is 194 g/mol. The van der Waals surface area contributed by atoms with Gasteiger partial charge in [0.05, 0.1) is 4.88 Å². The van der Waals surface area contributed by atoms with Crippen molar-refractivity contribution < 1.29 is 0 Å². The molecule has 3 nitrogen and oxygen atoms in total. The molecular formula is C10H11N3S. The Bertz CT molecular complexity index is 398. The summed E-state index contributed by atoms with van der Waals surface area (Å²) in [6, 6.07) is 4.07. The van der Waals surface area contributed by atoms with E-state index in [1.165, 1.54) is 0 Å². The van der Waals surface area contributed by atoms with Gasteiger partial charge in [-0.15, -0.1) is 11.3 Å². The van der Waals surface area contributed by atoms with Gasteiger partial charge in [-0.05, 0) is 18.4 Å². The summed E-state index contributed by atoms with van der Waals surface area (Å²) in [6.45, 7) is 2.91. The van der Waals surface area contributed by atoms with Crippen LogP contribution in [0.4, 0.5) is 5.82 Å². The molecule has 2 heterocycles. The largest absolute Gasteiger partial charge is 0.369 e. The van der Waals surface area contributed by atoms with E-state index in [1.54, 1.807) is 23.7 Å². The van der Waals surface area contributed by atoms with Gasteiger partial charge in [0, 0.05) is 18.9 Å². The molecule has 0 aliphatic rings. The molecule has 72 valence electrons. The van der Waals surface area contributed by atoms with Crippen LogP contribution in [0.3, 0.4) is 0 Å². The summed E-state index contributed by atoms with van der Waals surface area (Å²) in [5, 5.41) is 5.24. The molecule has 0 saturated heterocycles. The second-order valence-electron chi connectivity index (χ2n) is 2.76. The normalized spacial score (nSPS) is 10.1. The molecule has 0 amide bonds. The summed E-state index contributed by atoms with van der Waals surface area (Å²) < 4.78 is 0. The van der Waals surface area contributed by atoms with Crippen molar-refractivity contribution in [3.63, 3.8) is 0 Å². The van der Waals surface area contributed by atoms with E-state index in [0.29, 0.717) is 0 Å². The van der Waals surface area contributed by atoms with Crippen molar-refractivity contribution in [2.24, 2.45) is 0 Å². The average molecular weight is 205 g/mol. The van der Waals surface area contributed by atoms with Crippen molar-refractivity contribution >= 4 is 17.2 Å². The molecule has 2 aromatic heterocycles. The van der Waals surface area contributed by atoms with Crippen LogP contribution in [0.15, 0.2) is 29.9 Å². The highest BCUT2D eigenvalue weighted by Gasteiger charge is 2.06. The number of aromatic nitrogens is 2. The highest BCUT2D eigenvalue weighted by molar-refractivity contribution is 7.13. The van der Waals surface area contributed by atoms with Gasteiger partial charge < -0.3 is 5.32 Å². The molecule has 0 fully saturated rings. The zero-order valence-corrected chi connectivity index (χ0v) is 8.71. The summed E-state index contributed by atoms with van der Waals surface area (Å²) in [6.07, 6.45) is 3.42. The van der Waals surface area contributed by atoms with Crippen LogP contribution in [-0.4, -0.2) is 16.5 Å². The van der Waals surface area contributed by atoms with E-state index in [4.69, 9.17) is 0 Å². The second kappa shape index (κ2) is 4.19. The topological polar surface area (TPSA) is 37.8 Å². The number of nitrogens with zero attached hydrogens (tertiary/aromatic N) is 2. The Morgan fingerprint density at radius 2 is 2.21 bits per heavy atom. The lowest BCUT2D eigenvalue weighted by molar-refractivity contribution is 1.13. The van der Waals surface area contributed by atoms with Gasteiger partial charge in [0.2, 0.25) is 0 Å². The van der Waals surface area contributed by atoms with Gasteiger partial charge in [-0.1, -0.05) is 6.07 Å². The minimum absolute atomic E-state index is 0.858. The van der Waals surface area contributed by atoms with Gasteiger partial charge in [-0.2, -0.15) is 0 Å². The van der Waals surface area contributed by atoms with E-state index >= 15 is 0 Å². The van der Waals surface area contributed by atoms with Crippen molar-refractivity contribution in [1.82, 2.24) is 9.97 Å². The average Bonchev–Trinajstić information content (AvgIpc) is 2.72. The highest BCUT2D eigenvalue weighted by atomic mass is 32.1. The molecule has 0 atom stereocenters. The summed E-state index contributed by atoms with van der Waals surface area (Å²) in [4.78, 5) is 9.73. The summed E-state index contributed by atoms with van der Waals surface area (Å²) in [5.41, 5.74) is 0.935. The van der Waals surface area contributed by atoms with Gasteiger partial charge in [-0.3, -0.25) is 0 Å². The molecule has 0 saturated carbocycles. The molecule has 0 radical (unpaired) electrons. The second-order valence-corrected chi connectivity index (χ2v) is 3.71. The van der Waals surface area contributed by atoms with Crippen molar-refractivity contribution in [2.75, 3.05) is 11.9 Å². The van der Waals surface area contributed by atoms with Gasteiger partial charge in [-0.25, -0.2) is 9.97 Å². The first-order chi connectivity index (χ1) is 6.92. The molecule has 0 aliphatic carbocycles. The Morgan fingerprint density at radius 1 is 1.36 bits per heavy atom. The van der Waals surface area contributed by atoms with Gasteiger partial charge in [0.1, 0.15) is 5.69 Å². The molecule has 2 aromatic rings. The van der Waals surface area contributed by atoms with E-state index in [9.17, 15) is 0 Å². The molecule has 14 heavy (non-hydrogen) atoms. The lowest BCUT2D eigenvalue weighted by atomic mass is 10.3. The molecule has 0 aromatic carbocycles. The molecule has 0 aliphatic heterocycles. The molecule has 0 unspecified atom stereocenters. The third-order valence-electron chi connectivity index (χ3n) is 1.80. The molecule has 1 N–H and O–H groups in total. The Kier molecular flexibility index (Phi) is 2.74. The SMILES string of the molecule is CCNc1nccnc1-c1cccs1. The van der Waals surface area contributed by atoms with E-state index in [-0.39, 0.29) is 0 Å². The van der Waals surface area contributed by atoms with Crippen molar-refractivity contribution in [2.45, 2.75) is 6.92 Å². The maximum absolute atomic E-state index is 4.33. The zero-order chi connectivity index (χ0) is 9.80. The predicted molar refractivity (Wildman–Crippen MR) is 59.5 cm³/mol. The highest BCUT2D eigenvalue weighted by Crippen LogP contribution is 2.27. The summed E-state index contributed by atoms with van der Waals surface area (Å²) in [5.74, 6) is 0.859. The standard InChI is InChI=1S/C10H11N3S/c1-2-11-10-9(12-5-6-13-10)8-4-3-7-14-8/h3-7H,2H2,1H3,(H,11,13). The molecule has 2 rings (SSSR count). The first kappa shape index (κ1) is 9.15. The van der Waals surface area contributed by atoms with Gasteiger partial charge in [0.25, 0.3) is 0 Å². The number of hydrogen-bond acceptors (Lipinski definition) is 4. The third-order valence-corrected chi connectivity index (χ3v) is 2.67. The monoisotopic (exact) mass is 205 g/mol. The fourth-order valence-electron chi connectivity index (χ4n) is 1.23. The maximum Gasteiger partial charge on any atom is 0.153 e. The first-order valence-corrected chi connectivity index (χ1v) is 5.38. The van der Waals surface area contributed by atoms with Crippen LogP contribution in [0.2, 0.25) is 0 Å². The lowest BCUT2D eigenvalue weighted by Crippen LogP contribution is -2.01. The van der Waals surface area contributed by atoms with E-state index < -0.39 is 0 Å². The number of thiophene rings is 1. The summed E-state index contributed by atoms with van der Waals surface area (Å²) in [7, 11) is 0. The number of nitrogens with one attached hydrogen (secondary N) is 1. The number of hydrogen-bond donors (Lipinski definition) is 1. The molecule has 0 bridgehead atoms. The predicted octanol–water partition coefficient (Wildman–Crippen LogP) is 2.64. The maximum atomic E-state index is 4.33. The number of rotatable bonds is 3. The van der Waals surface area contributed by atoms with Crippen LogP contribution < -0.4 is 5.32 Å². The Morgan fingerprint density at radius 3 is 2.93 bits per heavy atom. The molecule has 4 heteroatoms. The minimum Gasteiger partial charge on any atom is -0.369 e. The lowest BCUT2D eigenvalue weighted by Gasteiger charge is -2.05. The fraction of sp³-hybridized carbons (Fsp3) is 0.200. The fourth-order valence-corrected chi connectivity index (χ4v) is 1.95. The molecule has 0 spiro atoms. The van der Waals surface area contributed by atoms with Crippen molar-refractivity contribution in [3.05, 3.63) is 29.9 Å². The van der Waals surface area contributed by atoms with Crippen LogP contribution >= 0.6 is 11.3 Å². The van der Waals surface area contributed by atoms with Crippen molar-refractivity contribution in [3.8, 4) is 10.6 Å². The van der Waals surface area contributed by atoms with Crippen LogP contribution in [-0.2, 0) is 0 Å². The quantitative estimate of drug-likeness (QED) is 0.837. The first-order valence-electron chi connectivity index (χ1n) is 4.50. The number of anilines is 1. The van der Waals surface area contributed by atoms with Crippen LogP contribution in [0.1, 0.15) is 6.92 Å². The third kappa shape index (κ3) is 1.75. The van der Waals surface area contributed by atoms with E-state index in [0.717, 1.165) is 22.9 Å². The van der Waals surface area contributed by atoms with Crippen LogP contribution in [0, 0.1) is 0 Å². The van der Waals surface area contributed by atoms with Crippen molar-refractivity contribution in [1.29, 1.82) is 0 Å². The smallest absolute Gasteiger partial charge is 0.153 e. The summed E-state index contributed by atoms with van der Waals surface area (Å²) >= 11 is 1.67. The van der Waals surface area contributed by atoms with Gasteiger partial charge >= 0.3 is 0 Å². The van der Waals surface area contributed by atoms with Crippen LogP contribution in [0.5, 0.6) is 0 Å². The van der Waals surface area contributed by atoms with E-state index in [2.05, 4.69) is 21.4 Å². The van der Waals surface area contributed by atoms with Crippen LogP contribution in [0.25, 0.3) is 10.6 Å². The Balaban J connectivity index is 2.42. The zero-order valence-electron chi connectivity index (χ0n) is 7.90. The van der Waals surface area contributed by atoms with Gasteiger partial charge in [0.15, 0.2) is 5.82 Å². The van der Waals surface area contributed by atoms with E-state index in [1.807, 2.05) is 18.4 Å². The minimum atomic E-state index is 0.858.